The molecule has 7 heteroatoms. The Labute approximate surface area is 146 Å². The first-order valence-electron chi connectivity index (χ1n) is 7.41. The predicted octanol–water partition coefficient (Wildman–Crippen LogP) is 3.64. The average Bonchev–Trinajstić information content (AvgIpc) is 2.62. The zero-order valence-corrected chi connectivity index (χ0v) is 14.6. The fraction of sp³-hybridized carbons (Fsp3) is 0.250. The van der Waals surface area contributed by atoms with Crippen molar-refractivity contribution in [3.05, 3.63) is 53.1 Å². The highest BCUT2D eigenvalue weighted by Crippen LogP contribution is 2.28. The Morgan fingerprint density at radius 1 is 1.26 bits per heavy atom. The Morgan fingerprint density at radius 2 is 2.00 bits per heavy atom. The summed E-state index contributed by atoms with van der Waals surface area (Å²) in [5.74, 6) is 0. The monoisotopic (exact) mass is 347 g/mol. The molecule has 0 unspecified atom stereocenters. The molecule has 2 N–H and O–H groups in total. The SMILES string of the molecule is CC.S=C(N/N=C1/CCNc2c(Cl)ccnc21)c1ccncc1. The van der Waals surface area contributed by atoms with Crippen LogP contribution >= 0.6 is 23.8 Å². The number of hydrazone groups is 1. The number of nitrogens with zero attached hydrogens (tertiary/aromatic N) is 3. The summed E-state index contributed by atoms with van der Waals surface area (Å²) in [5.41, 5.74) is 6.20. The summed E-state index contributed by atoms with van der Waals surface area (Å²) in [6, 6.07) is 5.42. The highest BCUT2D eigenvalue weighted by Gasteiger charge is 2.19. The summed E-state index contributed by atoms with van der Waals surface area (Å²) >= 11 is 11.5. The third-order valence-electron chi connectivity index (χ3n) is 3.07. The van der Waals surface area contributed by atoms with E-state index in [2.05, 4.69) is 25.8 Å². The molecule has 0 aromatic carbocycles. The number of thiocarbonyl (C=S) groups is 1. The van der Waals surface area contributed by atoms with Gasteiger partial charge in [0, 0.05) is 37.1 Å². The second-order valence-corrected chi connectivity index (χ2v) is 5.24. The number of aromatic nitrogens is 2. The van der Waals surface area contributed by atoms with Crippen molar-refractivity contribution in [3.8, 4) is 0 Å². The van der Waals surface area contributed by atoms with Gasteiger partial charge in [0.15, 0.2) is 0 Å². The van der Waals surface area contributed by atoms with Crippen molar-refractivity contribution >= 4 is 40.2 Å². The number of nitrogens with one attached hydrogen (secondary N) is 2. The van der Waals surface area contributed by atoms with Gasteiger partial charge in [0.25, 0.3) is 0 Å². The molecule has 120 valence electrons. The van der Waals surface area contributed by atoms with Crippen molar-refractivity contribution < 1.29 is 0 Å². The van der Waals surface area contributed by atoms with E-state index in [0.717, 1.165) is 35.6 Å². The van der Waals surface area contributed by atoms with Crippen LogP contribution in [0.3, 0.4) is 0 Å². The number of anilines is 1. The number of hydrogen-bond acceptors (Lipinski definition) is 5. The first-order chi connectivity index (χ1) is 11.3. The van der Waals surface area contributed by atoms with Crippen LogP contribution in [0.25, 0.3) is 0 Å². The highest BCUT2D eigenvalue weighted by atomic mass is 35.5. The molecule has 3 heterocycles. The van der Waals surface area contributed by atoms with E-state index in [0.29, 0.717) is 10.0 Å². The summed E-state index contributed by atoms with van der Waals surface area (Å²) in [6.07, 6.45) is 5.81. The second-order valence-electron chi connectivity index (χ2n) is 4.43. The Balaban J connectivity index is 0.000000924. The van der Waals surface area contributed by atoms with E-state index in [9.17, 15) is 0 Å². The van der Waals surface area contributed by atoms with Gasteiger partial charge in [-0.3, -0.25) is 15.4 Å². The van der Waals surface area contributed by atoms with Crippen LogP contribution in [0.1, 0.15) is 31.5 Å². The molecule has 0 radical (unpaired) electrons. The maximum absolute atomic E-state index is 6.16. The van der Waals surface area contributed by atoms with Gasteiger partial charge in [-0.25, -0.2) is 0 Å². The molecule has 0 bridgehead atoms. The number of halogens is 1. The minimum atomic E-state index is 0.548. The molecule has 0 aliphatic carbocycles. The topological polar surface area (TPSA) is 62.2 Å². The smallest absolute Gasteiger partial charge is 0.126 e. The van der Waals surface area contributed by atoms with Crippen molar-refractivity contribution in [1.29, 1.82) is 0 Å². The number of pyridine rings is 2. The fourth-order valence-electron chi connectivity index (χ4n) is 2.04. The Bertz CT molecular complexity index is 703. The van der Waals surface area contributed by atoms with Crippen molar-refractivity contribution in [3.63, 3.8) is 0 Å². The van der Waals surface area contributed by atoms with Gasteiger partial charge in [0.1, 0.15) is 10.7 Å². The molecule has 23 heavy (non-hydrogen) atoms. The maximum Gasteiger partial charge on any atom is 0.126 e. The third-order valence-corrected chi connectivity index (χ3v) is 3.71. The Kier molecular flexibility index (Phi) is 6.43. The van der Waals surface area contributed by atoms with E-state index in [1.807, 2.05) is 26.0 Å². The van der Waals surface area contributed by atoms with Crippen LogP contribution in [0, 0.1) is 0 Å². The summed E-state index contributed by atoms with van der Waals surface area (Å²) in [5, 5.41) is 8.26. The van der Waals surface area contributed by atoms with Gasteiger partial charge < -0.3 is 5.32 Å². The lowest BCUT2D eigenvalue weighted by atomic mass is 10.1. The van der Waals surface area contributed by atoms with Crippen LogP contribution < -0.4 is 10.7 Å². The lowest BCUT2D eigenvalue weighted by molar-refractivity contribution is 0.978. The van der Waals surface area contributed by atoms with Crippen LogP contribution in [0.2, 0.25) is 5.02 Å². The number of hydrogen-bond donors (Lipinski definition) is 2. The molecule has 2 aromatic rings. The molecule has 1 aliphatic heterocycles. The van der Waals surface area contributed by atoms with Gasteiger partial charge in [-0.2, -0.15) is 5.10 Å². The third kappa shape index (κ3) is 4.24. The van der Waals surface area contributed by atoms with Gasteiger partial charge in [-0.15, -0.1) is 0 Å². The van der Waals surface area contributed by atoms with Crippen LogP contribution in [0.15, 0.2) is 41.9 Å². The zero-order chi connectivity index (χ0) is 16.7. The standard InChI is InChI=1S/C14H12ClN5S.C2H6/c15-10-3-7-18-13-11(4-8-17-12(10)13)19-20-14(21)9-1-5-16-6-2-9;1-2/h1-3,5-7,17H,4,8H2,(H,20,21);1-2H3/b19-11-;. The summed E-state index contributed by atoms with van der Waals surface area (Å²) in [7, 11) is 0. The normalized spacial score (nSPS) is 14.1. The summed E-state index contributed by atoms with van der Waals surface area (Å²) in [4.78, 5) is 8.85. The molecule has 1 aliphatic rings. The zero-order valence-electron chi connectivity index (χ0n) is 13.0. The van der Waals surface area contributed by atoms with Gasteiger partial charge in [-0.05, 0) is 18.2 Å². The largest absolute Gasteiger partial charge is 0.382 e. The molecule has 3 rings (SSSR count). The molecule has 0 spiro atoms. The van der Waals surface area contributed by atoms with E-state index in [4.69, 9.17) is 23.8 Å². The van der Waals surface area contributed by atoms with Crippen molar-refractivity contribution in [1.82, 2.24) is 15.4 Å². The molecule has 2 aromatic heterocycles. The first kappa shape index (κ1) is 17.3. The molecular formula is C16H18ClN5S. The highest BCUT2D eigenvalue weighted by molar-refractivity contribution is 7.80. The van der Waals surface area contributed by atoms with Crippen molar-refractivity contribution in [2.24, 2.45) is 5.10 Å². The summed E-state index contributed by atoms with van der Waals surface area (Å²) in [6.45, 7) is 4.76. The Hall–Kier alpha value is -2.05. The van der Waals surface area contributed by atoms with Crippen LogP contribution in [-0.2, 0) is 0 Å². The van der Waals surface area contributed by atoms with E-state index in [-0.39, 0.29) is 0 Å². The van der Waals surface area contributed by atoms with E-state index < -0.39 is 0 Å². The number of fused-ring (bicyclic) bond motifs is 1. The van der Waals surface area contributed by atoms with Gasteiger partial charge in [0.05, 0.1) is 16.4 Å². The molecule has 5 nitrogen and oxygen atoms in total. The van der Waals surface area contributed by atoms with E-state index >= 15 is 0 Å². The average molecular weight is 348 g/mol. The molecule has 0 atom stereocenters. The fourth-order valence-corrected chi connectivity index (χ4v) is 2.44. The summed E-state index contributed by atoms with van der Waals surface area (Å²) < 4.78 is 0. The van der Waals surface area contributed by atoms with Gasteiger partial charge >= 0.3 is 0 Å². The van der Waals surface area contributed by atoms with Crippen LogP contribution in [-0.4, -0.2) is 27.2 Å². The predicted molar refractivity (Wildman–Crippen MR) is 99.3 cm³/mol. The van der Waals surface area contributed by atoms with Gasteiger partial charge in [0.2, 0.25) is 0 Å². The Morgan fingerprint density at radius 3 is 2.74 bits per heavy atom. The van der Waals surface area contributed by atoms with Crippen molar-refractivity contribution in [2.45, 2.75) is 20.3 Å². The van der Waals surface area contributed by atoms with E-state index in [1.165, 1.54) is 0 Å². The molecular weight excluding hydrogens is 330 g/mol. The number of rotatable bonds is 2. The molecule has 0 fully saturated rings. The minimum absolute atomic E-state index is 0.548. The quantitative estimate of drug-likeness (QED) is 0.641. The lowest BCUT2D eigenvalue weighted by Gasteiger charge is -2.19. The second kappa shape index (κ2) is 8.55. The van der Waals surface area contributed by atoms with Gasteiger partial charge in [-0.1, -0.05) is 37.7 Å². The van der Waals surface area contributed by atoms with E-state index in [1.54, 1.807) is 24.7 Å². The maximum atomic E-state index is 6.16. The molecule has 0 saturated carbocycles. The molecule has 0 amide bonds. The van der Waals surface area contributed by atoms with Crippen LogP contribution in [0.5, 0.6) is 0 Å². The van der Waals surface area contributed by atoms with Crippen molar-refractivity contribution in [2.75, 3.05) is 11.9 Å². The first-order valence-corrected chi connectivity index (χ1v) is 8.20. The van der Waals surface area contributed by atoms with Crippen LogP contribution in [0.4, 0.5) is 5.69 Å². The minimum Gasteiger partial charge on any atom is -0.382 e. The molecule has 0 saturated heterocycles. The lowest BCUT2D eigenvalue weighted by Crippen LogP contribution is -2.25.